The minimum atomic E-state index is -0.858. The van der Waals surface area contributed by atoms with Gasteiger partial charge in [-0.25, -0.2) is 4.79 Å². The molecule has 0 aliphatic carbocycles. The maximum absolute atomic E-state index is 12.7. The SMILES string of the molecule is CCOc1ccc(C2(CNC(=O)N3CCC(C)(C(=O)O)C3)CCOCC2)cc1. The van der Waals surface area contributed by atoms with Crippen LogP contribution >= 0.6 is 0 Å². The molecule has 1 aromatic carbocycles. The zero-order valence-corrected chi connectivity index (χ0v) is 16.7. The van der Waals surface area contributed by atoms with Crippen LogP contribution < -0.4 is 10.1 Å². The average molecular weight is 390 g/mol. The number of carbonyl (C=O) groups is 2. The lowest BCUT2D eigenvalue weighted by Gasteiger charge is -2.38. The molecule has 2 aliphatic rings. The van der Waals surface area contributed by atoms with Gasteiger partial charge < -0.3 is 24.8 Å². The second-order valence-electron chi connectivity index (χ2n) is 8.05. The van der Waals surface area contributed by atoms with E-state index in [1.807, 2.05) is 19.1 Å². The third-order valence-corrected chi connectivity index (χ3v) is 6.08. The van der Waals surface area contributed by atoms with Gasteiger partial charge in [0.25, 0.3) is 0 Å². The summed E-state index contributed by atoms with van der Waals surface area (Å²) in [4.78, 5) is 25.7. The number of benzene rings is 1. The summed E-state index contributed by atoms with van der Waals surface area (Å²) in [6, 6.07) is 7.88. The van der Waals surface area contributed by atoms with Crippen molar-refractivity contribution >= 4 is 12.0 Å². The maximum atomic E-state index is 12.7. The van der Waals surface area contributed by atoms with Crippen molar-refractivity contribution < 1.29 is 24.2 Å². The molecule has 0 bridgehead atoms. The molecule has 7 nitrogen and oxygen atoms in total. The number of carbonyl (C=O) groups excluding carboxylic acids is 1. The van der Waals surface area contributed by atoms with Gasteiger partial charge in [0.1, 0.15) is 5.75 Å². The molecule has 0 saturated carbocycles. The molecule has 0 aromatic heterocycles. The van der Waals surface area contributed by atoms with Crippen LogP contribution in [0.25, 0.3) is 0 Å². The molecule has 2 amide bonds. The topological polar surface area (TPSA) is 88.1 Å². The fourth-order valence-corrected chi connectivity index (χ4v) is 4.07. The minimum Gasteiger partial charge on any atom is -0.494 e. The molecule has 1 atom stereocenters. The molecule has 28 heavy (non-hydrogen) atoms. The van der Waals surface area contributed by atoms with Crippen LogP contribution in [0.1, 0.15) is 38.7 Å². The van der Waals surface area contributed by atoms with Crippen LogP contribution in [0.3, 0.4) is 0 Å². The summed E-state index contributed by atoms with van der Waals surface area (Å²) in [5.41, 5.74) is 0.119. The Morgan fingerprint density at radius 2 is 1.89 bits per heavy atom. The van der Waals surface area contributed by atoms with Crippen LogP contribution in [0.5, 0.6) is 5.75 Å². The van der Waals surface area contributed by atoms with Crippen molar-refractivity contribution in [2.45, 2.75) is 38.5 Å². The van der Waals surface area contributed by atoms with E-state index in [4.69, 9.17) is 9.47 Å². The maximum Gasteiger partial charge on any atom is 0.317 e. The Labute approximate surface area is 166 Å². The molecule has 0 radical (unpaired) electrons. The molecule has 2 heterocycles. The molecule has 3 rings (SSSR count). The minimum absolute atomic E-state index is 0.186. The van der Waals surface area contributed by atoms with Crippen LogP contribution in [0, 0.1) is 5.41 Å². The van der Waals surface area contributed by atoms with Crippen LogP contribution in [0.4, 0.5) is 4.79 Å². The molecular formula is C21H30N2O5. The summed E-state index contributed by atoms with van der Waals surface area (Å²) in [6.07, 6.45) is 2.13. The Kier molecular flexibility index (Phi) is 6.13. The number of urea groups is 1. The van der Waals surface area contributed by atoms with E-state index in [-0.39, 0.29) is 18.0 Å². The second-order valence-corrected chi connectivity index (χ2v) is 8.05. The monoisotopic (exact) mass is 390 g/mol. The van der Waals surface area contributed by atoms with Crippen LogP contribution in [-0.2, 0) is 14.9 Å². The Balaban J connectivity index is 1.68. The molecule has 1 aromatic rings. The van der Waals surface area contributed by atoms with Gasteiger partial charge in [0.2, 0.25) is 0 Å². The number of amides is 2. The van der Waals surface area contributed by atoms with Crippen molar-refractivity contribution in [3.8, 4) is 5.75 Å². The Hall–Kier alpha value is -2.28. The van der Waals surface area contributed by atoms with Crippen LogP contribution in [0.2, 0.25) is 0 Å². The molecule has 2 saturated heterocycles. The predicted molar refractivity (Wildman–Crippen MR) is 105 cm³/mol. The number of rotatable bonds is 6. The van der Waals surface area contributed by atoms with Gasteiger partial charge in [0.15, 0.2) is 0 Å². The third-order valence-electron chi connectivity index (χ3n) is 6.08. The summed E-state index contributed by atoms with van der Waals surface area (Å²) >= 11 is 0. The van der Waals surface area contributed by atoms with Gasteiger partial charge in [-0.2, -0.15) is 0 Å². The molecule has 154 valence electrons. The highest BCUT2D eigenvalue weighted by Crippen LogP contribution is 2.35. The molecular weight excluding hydrogens is 360 g/mol. The molecule has 1 unspecified atom stereocenters. The average Bonchev–Trinajstić information content (AvgIpc) is 3.11. The van der Waals surface area contributed by atoms with E-state index in [9.17, 15) is 14.7 Å². The molecule has 2 N–H and O–H groups in total. The molecule has 7 heteroatoms. The van der Waals surface area contributed by atoms with E-state index < -0.39 is 11.4 Å². The number of likely N-dealkylation sites (tertiary alicyclic amines) is 1. The van der Waals surface area contributed by atoms with E-state index in [0.717, 1.165) is 24.2 Å². The van der Waals surface area contributed by atoms with E-state index >= 15 is 0 Å². The van der Waals surface area contributed by atoms with Crippen LogP contribution in [-0.4, -0.2) is 61.5 Å². The highest BCUT2D eigenvalue weighted by Gasteiger charge is 2.43. The summed E-state index contributed by atoms with van der Waals surface area (Å²) < 4.78 is 11.1. The first-order valence-electron chi connectivity index (χ1n) is 9.96. The fourth-order valence-electron chi connectivity index (χ4n) is 4.07. The largest absolute Gasteiger partial charge is 0.494 e. The first-order chi connectivity index (χ1) is 13.4. The smallest absolute Gasteiger partial charge is 0.317 e. The van der Waals surface area contributed by atoms with Gasteiger partial charge in [-0.15, -0.1) is 0 Å². The van der Waals surface area contributed by atoms with Gasteiger partial charge in [-0.05, 0) is 50.8 Å². The van der Waals surface area contributed by atoms with E-state index in [1.54, 1.807) is 11.8 Å². The first-order valence-corrected chi connectivity index (χ1v) is 9.96. The normalized spacial score (nSPS) is 24.0. The molecule has 0 spiro atoms. The van der Waals surface area contributed by atoms with Crippen molar-refractivity contribution in [3.63, 3.8) is 0 Å². The number of nitrogens with one attached hydrogen (secondary N) is 1. The third kappa shape index (κ3) is 4.24. The van der Waals surface area contributed by atoms with E-state index in [2.05, 4.69) is 17.4 Å². The number of ether oxygens (including phenoxy) is 2. The predicted octanol–water partition coefficient (Wildman–Crippen LogP) is 2.64. The summed E-state index contributed by atoms with van der Waals surface area (Å²) in [5.74, 6) is -0.0133. The number of carboxylic acids is 1. The zero-order valence-electron chi connectivity index (χ0n) is 16.7. The van der Waals surface area contributed by atoms with Gasteiger partial charge in [-0.3, -0.25) is 4.79 Å². The van der Waals surface area contributed by atoms with Gasteiger partial charge in [-0.1, -0.05) is 12.1 Å². The number of hydrogen-bond acceptors (Lipinski definition) is 4. The summed E-state index contributed by atoms with van der Waals surface area (Å²) in [6.45, 7) is 6.80. The first kappa shape index (κ1) is 20.5. The number of aliphatic carboxylic acids is 1. The lowest BCUT2D eigenvalue weighted by molar-refractivity contribution is -0.147. The van der Waals surface area contributed by atoms with Crippen molar-refractivity contribution in [2.75, 3.05) is 39.5 Å². The Morgan fingerprint density at radius 1 is 1.21 bits per heavy atom. The fraction of sp³-hybridized carbons (Fsp3) is 0.619. The highest BCUT2D eigenvalue weighted by atomic mass is 16.5. The summed E-state index contributed by atoms with van der Waals surface area (Å²) in [7, 11) is 0. The van der Waals surface area contributed by atoms with Crippen molar-refractivity contribution in [1.29, 1.82) is 0 Å². The summed E-state index contributed by atoms with van der Waals surface area (Å²) in [5, 5.41) is 12.4. The van der Waals surface area contributed by atoms with E-state index in [1.165, 1.54) is 0 Å². The Morgan fingerprint density at radius 3 is 2.46 bits per heavy atom. The van der Waals surface area contributed by atoms with E-state index in [0.29, 0.717) is 39.3 Å². The highest BCUT2D eigenvalue weighted by molar-refractivity contribution is 5.79. The standard InChI is InChI=1S/C21H30N2O5/c1-3-28-17-6-4-16(5-7-17)21(9-12-27-13-10-21)14-22-19(26)23-11-8-20(2,15-23)18(24)25/h4-7H,3,8-15H2,1-2H3,(H,22,26)(H,24,25). The second kappa shape index (κ2) is 8.39. The number of hydrogen-bond donors (Lipinski definition) is 2. The number of nitrogens with zero attached hydrogens (tertiary/aromatic N) is 1. The molecule has 2 aliphatic heterocycles. The van der Waals surface area contributed by atoms with Gasteiger partial charge in [0.05, 0.1) is 12.0 Å². The van der Waals surface area contributed by atoms with Crippen molar-refractivity contribution in [1.82, 2.24) is 10.2 Å². The van der Waals surface area contributed by atoms with Gasteiger partial charge in [0, 0.05) is 38.3 Å². The number of carboxylic acid groups (broad SMARTS) is 1. The lowest BCUT2D eigenvalue weighted by Crippen LogP contribution is -2.48. The van der Waals surface area contributed by atoms with Crippen molar-refractivity contribution in [2.24, 2.45) is 5.41 Å². The Bertz CT molecular complexity index is 699. The molecule has 2 fully saturated rings. The quantitative estimate of drug-likeness (QED) is 0.780. The lowest BCUT2D eigenvalue weighted by atomic mass is 9.74. The zero-order chi connectivity index (χ0) is 20.2. The van der Waals surface area contributed by atoms with Crippen molar-refractivity contribution in [3.05, 3.63) is 29.8 Å². The van der Waals surface area contributed by atoms with Crippen LogP contribution in [0.15, 0.2) is 24.3 Å². The van der Waals surface area contributed by atoms with Gasteiger partial charge >= 0.3 is 12.0 Å².